The summed E-state index contributed by atoms with van der Waals surface area (Å²) >= 11 is 0. The molecule has 5 nitrogen and oxygen atoms in total. The molecule has 0 aliphatic heterocycles. The Morgan fingerprint density at radius 2 is 2.39 bits per heavy atom. The van der Waals surface area contributed by atoms with Crippen LogP contribution in [0.4, 0.5) is 4.39 Å². The third-order valence-electron chi connectivity index (χ3n) is 3.09. The molecule has 1 heterocycles. The molecule has 1 unspecified atom stereocenters. The van der Waals surface area contributed by atoms with Gasteiger partial charge in [-0.1, -0.05) is 13.0 Å². The predicted molar refractivity (Wildman–Crippen MR) is 64.3 cm³/mol. The molecule has 1 atom stereocenters. The third kappa shape index (κ3) is 1.83. The molecular formula is C12H14FN3O2. The zero-order valence-electron chi connectivity index (χ0n) is 10.2. The van der Waals surface area contributed by atoms with Crippen molar-refractivity contribution in [1.82, 2.24) is 9.97 Å². The molecule has 0 bridgehead atoms. The first-order valence-electron chi connectivity index (χ1n) is 5.75. The molecule has 0 amide bonds. The lowest BCUT2D eigenvalue weighted by Crippen LogP contribution is -2.35. The lowest BCUT2D eigenvalue weighted by atomic mass is 9.87. The first-order chi connectivity index (χ1) is 8.49. The lowest BCUT2D eigenvalue weighted by molar-refractivity contribution is -0.564. The number of nitrogens with one attached hydrogen (secondary N) is 1. The van der Waals surface area contributed by atoms with E-state index in [4.69, 9.17) is 0 Å². The first-order valence-corrected chi connectivity index (χ1v) is 5.75. The normalized spacial score (nSPS) is 22.9. The van der Waals surface area contributed by atoms with Crippen LogP contribution < -0.4 is 0 Å². The zero-order valence-corrected chi connectivity index (χ0v) is 10.2. The minimum absolute atomic E-state index is 0.113. The number of aromatic nitrogens is 2. The van der Waals surface area contributed by atoms with E-state index in [0.29, 0.717) is 23.6 Å². The molecule has 2 rings (SSSR count). The fraction of sp³-hybridized carbons (Fsp3) is 0.417. The van der Waals surface area contributed by atoms with E-state index < -0.39 is 16.3 Å². The number of allylic oxidation sites excluding steroid dienone is 2. The molecular weight excluding hydrogens is 237 g/mol. The minimum Gasteiger partial charge on any atom is -0.346 e. The van der Waals surface area contributed by atoms with Gasteiger partial charge in [0.1, 0.15) is 17.3 Å². The average molecular weight is 251 g/mol. The number of hydrogen-bond donors (Lipinski definition) is 1. The molecule has 0 fully saturated rings. The van der Waals surface area contributed by atoms with Gasteiger partial charge in [-0.2, -0.15) is 0 Å². The molecule has 0 saturated carbocycles. The van der Waals surface area contributed by atoms with E-state index in [1.54, 1.807) is 6.92 Å². The van der Waals surface area contributed by atoms with E-state index in [0.717, 1.165) is 6.08 Å². The smallest absolute Gasteiger partial charge is 0.290 e. The molecule has 18 heavy (non-hydrogen) atoms. The van der Waals surface area contributed by atoms with E-state index >= 15 is 0 Å². The number of aryl methyl sites for hydroxylation is 2. The van der Waals surface area contributed by atoms with Gasteiger partial charge in [0.15, 0.2) is 0 Å². The summed E-state index contributed by atoms with van der Waals surface area (Å²) in [6, 6.07) is 0. The molecule has 96 valence electrons. The van der Waals surface area contributed by atoms with Crippen LogP contribution in [0.3, 0.4) is 0 Å². The second-order valence-corrected chi connectivity index (χ2v) is 4.33. The van der Waals surface area contributed by atoms with E-state index in [2.05, 4.69) is 9.97 Å². The topological polar surface area (TPSA) is 71.8 Å². The van der Waals surface area contributed by atoms with Crippen LogP contribution in [-0.4, -0.2) is 14.9 Å². The second-order valence-electron chi connectivity index (χ2n) is 4.33. The summed E-state index contributed by atoms with van der Waals surface area (Å²) in [5.74, 6) is 0.0745. The zero-order chi connectivity index (χ0) is 13.3. The Hall–Kier alpha value is -1.98. The van der Waals surface area contributed by atoms with Crippen LogP contribution in [0, 0.1) is 17.0 Å². The summed E-state index contributed by atoms with van der Waals surface area (Å²) in [6.07, 6.45) is 4.51. The number of nitrogens with zero attached hydrogens (tertiary/aromatic N) is 2. The number of imidazole rings is 1. The van der Waals surface area contributed by atoms with E-state index in [1.807, 2.05) is 6.92 Å². The van der Waals surface area contributed by atoms with Crippen LogP contribution in [0.5, 0.6) is 0 Å². The number of aromatic amines is 1. The largest absolute Gasteiger partial charge is 0.346 e. The molecule has 1 aliphatic carbocycles. The molecule has 0 spiro atoms. The van der Waals surface area contributed by atoms with E-state index in [-0.39, 0.29) is 6.42 Å². The maximum atomic E-state index is 13.4. The van der Waals surface area contributed by atoms with Crippen molar-refractivity contribution in [2.75, 3.05) is 0 Å². The molecule has 0 radical (unpaired) electrons. The lowest BCUT2D eigenvalue weighted by Gasteiger charge is -2.21. The summed E-state index contributed by atoms with van der Waals surface area (Å²) in [4.78, 5) is 18.1. The Morgan fingerprint density at radius 3 is 2.89 bits per heavy atom. The van der Waals surface area contributed by atoms with Gasteiger partial charge in [0, 0.05) is 29.5 Å². The Morgan fingerprint density at radius 1 is 1.67 bits per heavy atom. The van der Waals surface area contributed by atoms with Crippen molar-refractivity contribution in [2.24, 2.45) is 0 Å². The summed E-state index contributed by atoms with van der Waals surface area (Å²) in [5.41, 5.74) is -0.681. The van der Waals surface area contributed by atoms with Crippen molar-refractivity contribution in [3.05, 3.63) is 51.4 Å². The molecule has 1 aromatic rings. The average Bonchev–Trinajstić information content (AvgIpc) is 2.70. The molecule has 1 N–H and O–H groups in total. The number of halogens is 1. The van der Waals surface area contributed by atoms with Gasteiger partial charge < -0.3 is 4.98 Å². The fourth-order valence-electron chi connectivity index (χ4n) is 2.18. The number of nitro groups is 1. The van der Waals surface area contributed by atoms with Crippen LogP contribution >= 0.6 is 0 Å². The Labute approximate surface area is 104 Å². The van der Waals surface area contributed by atoms with Crippen LogP contribution in [0.1, 0.15) is 30.6 Å². The fourth-order valence-corrected chi connectivity index (χ4v) is 2.18. The Bertz CT molecular complexity index is 548. The van der Waals surface area contributed by atoms with Gasteiger partial charge in [-0.15, -0.1) is 0 Å². The van der Waals surface area contributed by atoms with Gasteiger partial charge >= 0.3 is 0 Å². The van der Waals surface area contributed by atoms with Gasteiger partial charge in [0.2, 0.25) is 0 Å². The molecule has 0 aromatic carbocycles. The number of H-pyrrole nitrogens is 1. The first kappa shape index (κ1) is 12.5. The van der Waals surface area contributed by atoms with Crippen LogP contribution in [0.15, 0.2) is 24.1 Å². The second kappa shape index (κ2) is 4.36. The summed E-state index contributed by atoms with van der Waals surface area (Å²) in [7, 11) is 0. The monoisotopic (exact) mass is 251 g/mol. The highest BCUT2D eigenvalue weighted by Crippen LogP contribution is 2.36. The van der Waals surface area contributed by atoms with Crippen LogP contribution in [0.2, 0.25) is 0 Å². The van der Waals surface area contributed by atoms with Gasteiger partial charge in [0.25, 0.3) is 5.54 Å². The SMILES string of the molecule is CCc1nc(C2([N+](=O)[O-])C=C(F)C=CC2)c(C)[nH]1. The molecule has 0 saturated heterocycles. The quantitative estimate of drug-likeness (QED) is 0.662. The Balaban J connectivity index is 2.58. The van der Waals surface area contributed by atoms with Crippen molar-refractivity contribution in [1.29, 1.82) is 0 Å². The molecule has 6 heteroatoms. The standard InChI is InChI=1S/C12H14FN3O2/c1-3-10-14-8(2)11(15-10)12(16(17)18)6-4-5-9(13)7-12/h4-5,7H,3,6H2,1-2H3,(H,14,15). The van der Waals surface area contributed by atoms with Crippen LogP contribution in [0.25, 0.3) is 0 Å². The Kier molecular flexibility index (Phi) is 3.02. The maximum absolute atomic E-state index is 13.4. The van der Waals surface area contributed by atoms with Crippen molar-refractivity contribution in [2.45, 2.75) is 32.2 Å². The van der Waals surface area contributed by atoms with Crippen molar-refractivity contribution < 1.29 is 9.31 Å². The minimum atomic E-state index is -1.59. The van der Waals surface area contributed by atoms with Gasteiger partial charge in [-0.05, 0) is 13.0 Å². The number of hydrogen-bond acceptors (Lipinski definition) is 3. The van der Waals surface area contributed by atoms with Gasteiger partial charge in [-0.25, -0.2) is 9.37 Å². The summed E-state index contributed by atoms with van der Waals surface area (Å²) in [6.45, 7) is 3.62. The highest BCUT2D eigenvalue weighted by Gasteiger charge is 2.47. The summed E-state index contributed by atoms with van der Waals surface area (Å²) in [5, 5.41) is 11.4. The summed E-state index contributed by atoms with van der Waals surface area (Å²) < 4.78 is 13.4. The molecule has 1 aromatic heterocycles. The van der Waals surface area contributed by atoms with Crippen molar-refractivity contribution >= 4 is 0 Å². The van der Waals surface area contributed by atoms with Crippen molar-refractivity contribution in [3.8, 4) is 0 Å². The maximum Gasteiger partial charge on any atom is 0.290 e. The van der Waals surface area contributed by atoms with Gasteiger partial charge in [0.05, 0.1) is 0 Å². The third-order valence-corrected chi connectivity index (χ3v) is 3.09. The highest BCUT2D eigenvalue weighted by molar-refractivity contribution is 5.33. The van der Waals surface area contributed by atoms with E-state index in [9.17, 15) is 14.5 Å². The van der Waals surface area contributed by atoms with Crippen LogP contribution in [-0.2, 0) is 12.0 Å². The number of rotatable bonds is 3. The van der Waals surface area contributed by atoms with Gasteiger partial charge in [-0.3, -0.25) is 10.1 Å². The highest BCUT2D eigenvalue weighted by atomic mass is 19.1. The predicted octanol–water partition coefficient (Wildman–Crippen LogP) is 2.57. The molecule has 1 aliphatic rings. The van der Waals surface area contributed by atoms with Crippen molar-refractivity contribution in [3.63, 3.8) is 0 Å². The van der Waals surface area contributed by atoms with E-state index in [1.165, 1.54) is 12.2 Å².